The number of hydrogen-bond donors (Lipinski definition) is 3. The number of carbonyl (C=O) groups is 3. The van der Waals surface area contributed by atoms with E-state index in [4.69, 9.17) is 4.42 Å². The highest BCUT2D eigenvalue weighted by Crippen LogP contribution is 2.00. The maximum absolute atomic E-state index is 11.9. The molecular formula is C18H21N3O4. The lowest BCUT2D eigenvalue weighted by atomic mass is 10.2. The molecule has 0 fully saturated rings. The van der Waals surface area contributed by atoms with E-state index in [0.29, 0.717) is 12.1 Å². The molecule has 1 heterocycles. The van der Waals surface area contributed by atoms with Crippen molar-refractivity contribution in [3.05, 3.63) is 60.1 Å². The van der Waals surface area contributed by atoms with Crippen LogP contribution in [0.2, 0.25) is 0 Å². The van der Waals surface area contributed by atoms with Gasteiger partial charge in [-0.1, -0.05) is 30.3 Å². The molecule has 0 radical (unpaired) electrons. The maximum atomic E-state index is 11.9. The van der Waals surface area contributed by atoms with Gasteiger partial charge in [-0.2, -0.15) is 0 Å². The average molecular weight is 343 g/mol. The summed E-state index contributed by atoms with van der Waals surface area (Å²) in [7, 11) is 0. The number of amides is 3. The highest BCUT2D eigenvalue weighted by atomic mass is 16.3. The van der Waals surface area contributed by atoms with Crippen LogP contribution in [0, 0.1) is 0 Å². The minimum Gasteiger partial charge on any atom is -0.472 e. The highest BCUT2D eigenvalue weighted by molar-refractivity contribution is 5.97. The summed E-state index contributed by atoms with van der Waals surface area (Å²) in [5, 5.41) is 7.96. The van der Waals surface area contributed by atoms with Crippen LogP contribution in [-0.2, 0) is 16.1 Å². The van der Waals surface area contributed by atoms with Gasteiger partial charge in [-0.05, 0) is 18.6 Å². The molecular weight excluding hydrogens is 322 g/mol. The molecule has 0 unspecified atom stereocenters. The van der Waals surface area contributed by atoms with Crippen molar-refractivity contribution in [2.24, 2.45) is 0 Å². The van der Waals surface area contributed by atoms with E-state index in [1.165, 1.54) is 18.6 Å². The van der Waals surface area contributed by atoms with Gasteiger partial charge in [-0.15, -0.1) is 0 Å². The summed E-state index contributed by atoms with van der Waals surface area (Å²) >= 11 is 0. The molecule has 0 saturated carbocycles. The molecule has 25 heavy (non-hydrogen) atoms. The van der Waals surface area contributed by atoms with Crippen molar-refractivity contribution in [2.75, 3.05) is 6.54 Å². The SMILES string of the molecule is C[C@H](NC(=O)c1ccoc1)C(=O)NCCC(=O)NCc1ccccc1. The average Bonchev–Trinajstić information content (AvgIpc) is 3.15. The zero-order chi connectivity index (χ0) is 18.1. The zero-order valence-electron chi connectivity index (χ0n) is 14.0. The van der Waals surface area contributed by atoms with Crippen LogP contribution in [0.5, 0.6) is 0 Å². The first-order valence-electron chi connectivity index (χ1n) is 7.97. The fraction of sp³-hybridized carbons (Fsp3) is 0.278. The molecule has 3 amide bonds. The third-order valence-corrected chi connectivity index (χ3v) is 3.51. The molecule has 1 aromatic heterocycles. The van der Waals surface area contributed by atoms with Crippen molar-refractivity contribution < 1.29 is 18.8 Å². The van der Waals surface area contributed by atoms with Crippen LogP contribution >= 0.6 is 0 Å². The van der Waals surface area contributed by atoms with Crippen LogP contribution < -0.4 is 16.0 Å². The quantitative estimate of drug-likeness (QED) is 0.671. The second-order valence-corrected chi connectivity index (χ2v) is 5.51. The van der Waals surface area contributed by atoms with Gasteiger partial charge in [0.05, 0.1) is 11.8 Å². The molecule has 3 N–H and O–H groups in total. The lowest BCUT2D eigenvalue weighted by Gasteiger charge is -2.13. The van der Waals surface area contributed by atoms with E-state index in [-0.39, 0.29) is 24.8 Å². The predicted octanol–water partition coefficient (Wildman–Crippen LogP) is 1.22. The van der Waals surface area contributed by atoms with Crippen LogP contribution in [-0.4, -0.2) is 30.3 Å². The van der Waals surface area contributed by atoms with Crippen LogP contribution in [0.25, 0.3) is 0 Å². The summed E-state index contributed by atoms with van der Waals surface area (Å²) in [5.41, 5.74) is 1.36. The van der Waals surface area contributed by atoms with Gasteiger partial charge in [0, 0.05) is 19.5 Å². The van der Waals surface area contributed by atoms with Gasteiger partial charge in [0.2, 0.25) is 11.8 Å². The molecule has 7 nitrogen and oxygen atoms in total. The first-order chi connectivity index (χ1) is 12.1. The molecule has 0 spiro atoms. The van der Waals surface area contributed by atoms with Crippen molar-refractivity contribution in [1.82, 2.24) is 16.0 Å². The second-order valence-electron chi connectivity index (χ2n) is 5.51. The van der Waals surface area contributed by atoms with Gasteiger partial charge in [-0.3, -0.25) is 14.4 Å². The third kappa shape index (κ3) is 6.14. The van der Waals surface area contributed by atoms with Crippen LogP contribution in [0.4, 0.5) is 0 Å². The van der Waals surface area contributed by atoms with Gasteiger partial charge in [0.15, 0.2) is 0 Å². The Labute approximate surface area is 145 Å². The van der Waals surface area contributed by atoms with E-state index in [0.717, 1.165) is 5.56 Å². The molecule has 0 saturated heterocycles. The topological polar surface area (TPSA) is 100 Å². The molecule has 132 valence electrons. The molecule has 2 rings (SSSR count). The third-order valence-electron chi connectivity index (χ3n) is 3.51. The molecule has 0 bridgehead atoms. The van der Waals surface area contributed by atoms with Crippen molar-refractivity contribution in [3.63, 3.8) is 0 Å². The minimum atomic E-state index is -0.713. The lowest BCUT2D eigenvalue weighted by Crippen LogP contribution is -2.45. The summed E-state index contributed by atoms with van der Waals surface area (Å²) < 4.78 is 4.82. The molecule has 0 aliphatic carbocycles. The van der Waals surface area contributed by atoms with Gasteiger partial charge in [0.1, 0.15) is 12.3 Å². The molecule has 0 aliphatic heterocycles. The van der Waals surface area contributed by atoms with Crippen LogP contribution in [0.3, 0.4) is 0 Å². The van der Waals surface area contributed by atoms with E-state index in [2.05, 4.69) is 16.0 Å². The Kier molecular flexibility index (Phi) is 6.76. The summed E-state index contributed by atoms with van der Waals surface area (Å²) in [6.45, 7) is 2.22. The molecule has 1 aromatic carbocycles. The van der Waals surface area contributed by atoms with E-state index >= 15 is 0 Å². The Morgan fingerprint density at radius 3 is 2.52 bits per heavy atom. The van der Waals surface area contributed by atoms with Crippen molar-refractivity contribution in [3.8, 4) is 0 Å². The van der Waals surface area contributed by atoms with E-state index in [9.17, 15) is 14.4 Å². The van der Waals surface area contributed by atoms with Gasteiger partial charge in [-0.25, -0.2) is 0 Å². The van der Waals surface area contributed by atoms with E-state index < -0.39 is 11.9 Å². The first kappa shape index (κ1) is 18.3. The minimum absolute atomic E-state index is 0.153. The van der Waals surface area contributed by atoms with Crippen molar-refractivity contribution in [2.45, 2.75) is 25.9 Å². The first-order valence-corrected chi connectivity index (χ1v) is 7.97. The smallest absolute Gasteiger partial charge is 0.255 e. The maximum Gasteiger partial charge on any atom is 0.255 e. The largest absolute Gasteiger partial charge is 0.472 e. The Morgan fingerprint density at radius 2 is 1.84 bits per heavy atom. The number of hydrogen-bond acceptors (Lipinski definition) is 4. The van der Waals surface area contributed by atoms with Crippen molar-refractivity contribution >= 4 is 17.7 Å². The lowest BCUT2D eigenvalue weighted by molar-refractivity contribution is -0.123. The second kappa shape index (κ2) is 9.27. The molecule has 0 aliphatic rings. The standard InChI is InChI=1S/C18H21N3O4/c1-13(21-18(24)15-8-10-25-12-15)17(23)19-9-7-16(22)20-11-14-5-3-2-4-6-14/h2-6,8,10,12-13H,7,9,11H2,1H3,(H,19,23)(H,20,22)(H,21,24)/t13-/m0/s1. The number of rotatable bonds is 8. The molecule has 2 aromatic rings. The molecule has 7 heteroatoms. The van der Waals surface area contributed by atoms with E-state index in [1.54, 1.807) is 6.92 Å². The number of furan rings is 1. The normalized spacial score (nSPS) is 11.4. The summed E-state index contributed by atoms with van der Waals surface area (Å²) in [5.74, 6) is -0.899. The van der Waals surface area contributed by atoms with Gasteiger partial charge >= 0.3 is 0 Å². The number of nitrogens with one attached hydrogen (secondary N) is 3. The Balaban J connectivity index is 1.64. The predicted molar refractivity (Wildman–Crippen MR) is 91.6 cm³/mol. The summed E-state index contributed by atoms with van der Waals surface area (Å²) in [6, 6.07) is 10.4. The summed E-state index contributed by atoms with van der Waals surface area (Å²) in [6.07, 6.45) is 2.85. The monoisotopic (exact) mass is 343 g/mol. The Hall–Kier alpha value is -3.09. The zero-order valence-corrected chi connectivity index (χ0v) is 14.0. The van der Waals surface area contributed by atoms with E-state index in [1.807, 2.05) is 30.3 Å². The van der Waals surface area contributed by atoms with Gasteiger partial charge < -0.3 is 20.4 Å². The fourth-order valence-electron chi connectivity index (χ4n) is 2.08. The Morgan fingerprint density at radius 1 is 1.08 bits per heavy atom. The highest BCUT2D eigenvalue weighted by Gasteiger charge is 2.17. The Bertz CT molecular complexity index is 698. The van der Waals surface area contributed by atoms with Crippen LogP contribution in [0.1, 0.15) is 29.3 Å². The number of carbonyl (C=O) groups excluding carboxylic acids is 3. The molecule has 1 atom stereocenters. The summed E-state index contributed by atoms with van der Waals surface area (Å²) in [4.78, 5) is 35.5. The number of benzene rings is 1. The van der Waals surface area contributed by atoms with Gasteiger partial charge in [0.25, 0.3) is 5.91 Å². The van der Waals surface area contributed by atoms with Crippen LogP contribution in [0.15, 0.2) is 53.3 Å². The van der Waals surface area contributed by atoms with Crippen molar-refractivity contribution in [1.29, 1.82) is 0 Å². The fourth-order valence-corrected chi connectivity index (χ4v) is 2.08.